The van der Waals surface area contributed by atoms with Crippen LogP contribution in [0.3, 0.4) is 0 Å². The molecule has 4 rings (SSSR count). The molecular formula is C20H25N9O2. The lowest BCUT2D eigenvalue weighted by molar-refractivity contribution is 0.0983. The Morgan fingerprint density at radius 3 is 2.74 bits per heavy atom. The van der Waals surface area contributed by atoms with Crippen molar-refractivity contribution in [2.75, 3.05) is 36.1 Å². The molecule has 0 saturated carbocycles. The van der Waals surface area contributed by atoms with Crippen LogP contribution in [0.1, 0.15) is 19.8 Å². The van der Waals surface area contributed by atoms with Gasteiger partial charge in [-0.25, -0.2) is 14.8 Å². The van der Waals surface area contributed by atoms with Crippen molar-refractivity contribution in [3.8, 4) is 5.82 Å². The second-order valence-corrected chi connectivity index (χ2v) is 7.06. The molecule has 11 heteroatoms. The van der Waals surface area contributed by atoms with E-state index in [1.807, 2.05) is 37.3 Å². The van der Waals surface area contributed by atoms with Crippen LogP contribution in [0.5, 0.6) is 0 Å². The highest BCUT2D eigenvalue weighted by atomic mass is 16.6. The predicted octanol–water partition coefficient (Wildman–Crippen LogP) is 2.42. The molecule has 1 saturated heterocycles. The lowest BCUT2D eigenvalue weighted by Crippen LogP contribution is -2.42. The van der Waals surface area contributed by atoms with Crippen LogP contribution in [0.15, 0.2) is 42.7 Å². The molecule has 1 aliphatic rings. The molecule has 31 heavy (non-hydrogen) atoms. The fourth-order valence-electron chi connectivity index (χ4n) is 3.37. The average molecular weight is 423 g/mol. The standard InChI is InChI=1S/C20H25N9O2/c1-2-31-20(30)28-10-8-15(9-11-28)24-16-12-17(23-13-22-16)29-18(21)26-19(27-29)25-14-6-4-3-5-7-14/h3-7,12-13,15H,2,8-11H2,1H3,(H,22,23,24)(H3,21,25,26,27). The third-order valence-electron chi connectivity index (χ3n) is 4.90. The Morgan fingerprint density at radius 2 is 2.00 bits per heavy atom. The second kappa shape index (κ2) is 9.28. The summed E-state index contributed by atoms with van der Waals surface area (Å²) in [5.74, 6) is 1.76. The molecule has 1 aromatic carbocycles. The van der Waals surface area contributed by atoms with Crippen LogP contribution in [-0.2, 0) is 4.74 Å². The van der Waals surface area contributed by atoms with E-state index in [2.05, 4.69) is 30.7 Å². The molecular weight excluding hydrogens is 398 g/mol. The van der Waals surface area contributed by atoms with Crippen LogP contribution in [-0.4, -0.2) is 61.5 Å². The van der Waals surface area contributed by atoms with E-state index in [0.29, 0.717) is 37.3 Å². The minimum absolute atomic E-state index is 0.192. The molecule has 1 aliphatic heterocycles. The van der Waals surface area contributed by atoms with Crippen LogP contribution in [0, 0.1) is 0 Å². The molecule has 0 unspecified atom stereocenters. The van der Waals surface area contributed by atoms with E-state index in [-0.39, 0.29) is 18.1 Å². The Bertz CT molecular complexity index is 1020. The predicted molar refractivity (Wildman–Crippen MR) is 116 cm³/mol. The number of nitrogen functional groups attached to an aromatic ring is 1. The lowest BCUT2D eigenvalue weighted by Gasteiger charge is -2.31. The number of likely N-dealkylation sites (tertiary alicyclic amines) is 1. The van der Waals surface area contributed by atoms with Crippen molar-refractivity contribution in [2.45, 2.75) is 25.8 Å². The van der Waals surface area contributed by atoms with Crippen molar-refractivity contribution in [1.29, 1.82) is 0 Å². The highest BCUT2D eigenvalue weighted by Crippen LogP contribution is 2.19. The quantitative estimate of drug-likeness (QED) is 0.546. The smallest absolute Gasteiger partial charge is 0.409 e. The van der Waals surface area contributed by atoms with Crippen molar-refractivity contribution >= 4 is 29.5 Å². The van der Waals surface area contributed by atoms with Gasteiger partial charge < -0.3 is 26.0 Å². The first-order chi connectivity index (χ1) is 15.1. The molecule has 3 aromatic rings. The number of aromatic nitrogens is 5. The van der Waals surface area contributed by atoms with Crippen LogP contribution < -0.4 is 16.4 Å². The van der Waals surface area contributed by atoms with Crippen molar-refractivity contribution in [3.05, 3.63) is 42.7 Å². The number of hydrogen-bond donors (Lipinski definition) is 3. The SMILES string of the molecule is CCOC(=O)N1CCC(Nc2cc(-n3nc(Nc4ccccc4)nc3N)ncn2)CC1. The van der Waals surface area contributed by atoms with Gasteiger partial charge in [-0.15, -0.1) is 5.10 Å². The van der Waals surface area contributed by atoms with Gasteiger partial charge in [0.15, 0.2) is 5.82 Å². The first-order valence-electron chi connectivity index (χ1n) is 10.2. The fraction of sp³-hybridized carbons (Fsp3) is 0.350. The van der Waals surface area contributed by atoms with Gasteiger partial charge in [0.1, 0.15) is 12.1 Å². The number of para-hydroxylation sites is 1. The first kappa shape index (κ1) is 20.4. The van der Waals surface area contributed by atoms with Gasteiger partial charge in [-0.2, -0.15) is 9.67 Å². The summed E-state index contributed by atoms with van der Waals surface area (Å²) in [6, 6.07) is 11.6. The zero-order chi connectivity index (χ0) is 21.6. The van der Waals surface area contributed by atoms with E-state index in [1.54, 1.807) is 11.0 Å². The summed E-state index contributed by atoms with van der Waals surface area (Å²) in [5, 5.41) is 10.9. The minimum atomic E-state index is -0.258. The number of ether oxygens (including phenoxy) is 1. The number of carbonyl (C=O) groups is 1. The van der Waals surface area contributed by atoms with Gasteiger partial charge in [-0.1, -0.05) is 18.2 Å². The summed E-state index contributed by atoms with van der Waals surface area (Å²) >= 11 is 0. The van der Waals surface area contributed by atoms with Gasteiger partial charge in [0.05, 0.1) is 6.61 Å². The molecule has 0 radical (unpaired) electrons. The van der Waals surface area contributed by atoms with E-state index in [0.717, 1.165) is 18.5 Å². The zero-order valence-corrected chi connectivity index (χ0v) is 17.2. The molecule has 162 valence electrons. The van der Waals surface area contributed by atoms with Crippen LogP contribution in [0.2, 0.25) is 0 Å². The molecule has 1 amide bonds. The molecule has 3 heterocycles. The largest absolute Gasteiger partial charge is 0.450 e. The fourth-order valence-corrected chi connectivity index (χ4v) is 3.37. The number of piperidine rings is 1. The number of benzene rings is 1. The number of nitrogens with one attached hydrogen (secondary N) is 2. The molecule has 0 atom stereocenters. The summed E-state index contributed by atoms with van der Waals surface area (Å²) in [7, 11) is 0. The Balaban J connectivity index is 1.40. The Morgan fingerprint density at radius 1 is 1.23 bits per heavy atom. The van der Waals surface area contributed by atoms with E-state index >= 15 is 0 Å². The number of nitrogens with two attached hydrogens (primary N) is 1. The van der Waals surface area contributed by atoms with E-state index in [4.69, 9.17) is 10.5 Å². The van der Waals surface area contributed by atoms with Crippen molar-refractivity contribution in [3.63, 3.8) is 0 Å². The second-order valence-electron chi connectivity index (χ2n) is 7.06. The summed E-state index contributed by atoms with van der Waals surface area (Å²) in [4.78, 5) is 26.4. The summed E-state index contributed by atoms with van der Waals surface area (Å²) < 4.78 is 6.52. The number of carbonyl (C=O) groups excluding carboxylic acids is 1. The molecule has 0 aliphatic carbocycles. The number of rotatable bonds is 6. The summed E-state index contributed by atoms with van der Waals surface area (Å²) in [6.07, 6.45) is 2.80. The summed E-state index contributed by atoms with van der Waals surface area (Å²) in [5.41, 5.74) is 6.91. The average Bonchev–Trinajstić information content (AvgIpc) is 3.15. The molecule has 2 aromatic heterocycles. The van der Waals surface area contributed by atoms with E-state index < -0.39 is 0 Å². The third-order valence-corrected chi connectivity index (χ3v) is 4.90. The lowest BCUT2D eigenvalue weighted by atomic mass is 10.1. The van der Waals surface area contributed by atoms with E-state index in [1.165, 1.54) is 11.0 Å². The third kappa shape index (κ3) is 5.00. The molecule has 11 nitrogen and oxygen atoms in total. The maximum atomic E-state index is 11.8. The van der Waals surface area contributed by atoms with Crippen molar-refractivity contribution in [2.24, 2.45) is 0 Å². The van der Waals surface area contributed by atoms with E-state index in [9.17, 15) is 4.79 Å². The molecule has 4 N–H and O–H groups in total. The number of anilines is 4. The highest BCUT2D eigenvalue weighted by molar-refractivity contribution is 5.67. The number of amides is 1. The van der Waals surface area contributed by atoms with Gasteiger partial charge in [-0.05, 0) is 31.9 Å². The van der Waals surface area contributed by atoms with Crippen LogP contribution in [0.25, 0.3) is 5.82 Å². The molecule has 0 spiro atoms. The van der Waals surface area contributed by atoms with Crippen molar-refractivity contribution < 1.29 is 9.53 Å². The zero-order valence-electron chi connectivity index (χ0n) is 17.2. The van der Waals surface area contributed by atoms with Gasteiger partial charge in [0.25, 0.3) is 0 Å². The first-order valence-corrected chi connectivity index (χ1v) is 10.2. The topological polar surface area (TPSA) is 136 Å². The summed E-state index contributed by atoms with van der Waals surface area (Å²) in [6.45, 7) is 3.47. The Kier molecular flexibility index (Phi) is 6.11. The minimum Gasteiger partial charge on any atom is -0.450 e. The normalized spacial score (nSPS) is 14.3. The number of hydrogen-bond acceptors (Lipinski definition) is 9. The van der Waals surface area contributed by atoms with Gasteiger partial charge in [0.2, 0.25) is 11.9 Å². The van der Waals surface area contributed by atoms with Crippen molar-refractivity contribution in [1.82, 2.24) is 29.6 Å². The maximum absolute atomic E-state index is 11.8. The maximum Gasteiger partial charge on any atom is 0.409 e. The highest BCUT2D eigenvalue weighted by Gasteiger charge is 2.24. The van der Waals surface area contributed by atoms with Crippen LogP contribution in [0.4, 0.5) is 28.2 Å². The van der Waals surface area contributed by atoms with Crippen LogP contribution >= 0.6 is 0 Å². The Hall–Kier alpha value is -3.89. The van der Waals surface area contributed by atoms with Gasteiger partial charge in [-0.3, -0.25) is 0 Å². The van der Waals surface area contributed by atoms with Gasteiger partial charge in [0, 0.05) is 30.9 Å². The monoisotopic (exact) mass is 423 g/mol. The van der Waals surface area contributed by atoms with Gasteiger partial charge >= 0.3 is 6.09 Å². The Labute approximate surface area is 179 Å². The molecule has 1 fully saturated rings. The number of nitrogens with zero attached hydrogens (tertiary/aromatic N) is 6. The molecule has 0 bridgehead atoms.